The number of carbonyl (C=O) groups excluding carboxylic acids is 2. The van der Waals surface area contributed by atoms with Gasteiger partial charge in [-0.05, 0) is 80.4 Å². The summed E-state index contributed by atoms with van der Waals surface area (Å²) in [6, 6.07) is 14.2. The van der Waals surface area contributed by atoms with Crippen molar-refractivity contribution in [3.8, 4) is 5.75 Å². The van der Waals surface area contributed by atoms with Crippen molar-refractivity contribution in [3.63, 3.8) is 0 Å². The van der Waals surface area contributed by atoms with Gasteiger partial charge >= 0.3 is 0 Å². The molecule has 0 aliphatic carbocycles. The van der Waals surface area contributed by atoms with E-state index in [1.54, 1.807) is 36.4 Å². The van der Waals surface area contributed by atoms with Crippen LogP contribution in [0.1, 0.15) is 79.0 Å². The maximum Gasteiger partial charge on any atom is 0.257 e. The Labute approximate surface area is 208 Å². The van der Waals surface area contributed by atoms with E-state index in [0.717, 1.165) is 38.1 Å². The van der Waals surface area contributed by atoms with Crippen LogP contribution in [0.15, 0.2) is 48.5 Å². The number of piperidine rings is 1. The van der Waals surface area contributed by atoms with Gasteiger partial charge < -0.3 is 15.0 Å². The Morgan fingerprint density at radius 2 is 1.68 bits per heavy atom. The van der Waals surface area contributed by atoms with Gasteiger partial charge in [0.2, 0.25) is 0 Å². The molecule has 2 N–H and O–H groups in total. The highest BCUT2D eigenvalue weighted by Gasteiger charge is 2.18. The summed E-state index contributed by atoms with van der Waals surface area (Å²) in [7, 11) is 0. The molecule has 1 heterocycles. The number of unbranched alkanes of at least 4 members (excludes halogenated alkanes) is 4. The van der Waals surface area contributed by atoms with E-state index < -0.39 is 0 Å². The van der Waals surface area contributed by atoms with Crippen molar-refractivity contribution in [2.45, 2.75) is 58.3 Å². The molecule has 3 rings (SSSR count). The number of ether oxygens (including phenoxy) is 1. The first-order valence-corrected chi connectivity index (χ1v) is 12.7. The van der Waals surface area contributed by atoms with Gasteiger partial charge in [-0.3, -0.25) is 14.9 Å². The van der Waals surface area contributed by atoms with Gasteiger partial charge in [-0.25, -0.2) is 0 Å². The molecule has 1 fully saturated rings. The largest absolute Gasteiger partial charge is 0.494 e. The molecule has 6 nitrogen and oxygen atoms in total. The van der Waals surface area contributed by atoms with Gasteiger partial charge in [0.15, 0.2) is 5.11 Å². The molecule has 0 saturated carbocycles. The van der Waals surface area contributed by atoms with E-state index in [2.05, 4.69) is 17.6 Å². The van der Waals surface area contributed by atoms with Gasteiger partial charge in [0.05, 0.1) is 6.61 Å². The Balaban J connectivity index is 1.46. The van der Waals surface area contributed by atoms with E-state index in [-0.39, 0.29) is 16.9 Å². The van der Waals surface area contributed by atoms with Gasteiger partial charge in [0.25, 0.3) is 11.8 Å². The van der Waals surface area contributed by atoms with Crippen LogP contribution < -0.4 is 15.4 Å². The molecule has 1 aliphatic rings. The van der Waals surface area contributed by atoms with Gasteiger partial charge in [0.1, 0.15) is 5.75 Å². The fraction of sp³-hybridized carbons (Fsp3) is 0.444. The van der Waals surface area contributed by atoms with Crippen LogP contribution in [0.5, 0.6) is 5.75 Å². The van der Waals surface area contributed by atoms with Crippen LogP contribution in [0.2, 0.25) is 0 Å². The zero-order chi connectivity index (χ0) is 24.2. The van der Waals surface area contributed by atoms with Crippen LogP contribution in [-0.4, -0.2) is 41.5 Å². The highest BCUT2D eigenvalue weighted by molar-refractivity contribution is 7.80. The number of rotatable bonds is 10. The standard InChI is InChI=1S/C27H35N3O3S/c1-2-3-4-5-9-19-33-24-15-13-21(14-16-24)25(31)29-27(34)28-23-12-10-11-22(20-23)26(32)30-17-7-6-8-18-30/h10-16,20H,2-9,17-19H2,1H3,(H2,28,29,31,34). The van der Waals surface area contributed by atoms with Crippen molar-refractivity contribution >= 4 is 34.8 Å². The zero-order valence-corrected chi connectivity index (χ0v) is 20.8. The first-order valence-electron chi connectivity index (χ1n) is 12.3. The molecule has 34 heavy (non-hydrogen) atoms. The molecule has 7 heteroatoms. The Bertz CT molecular complexity index is 956. The van der Waals surface area contributed by atoms with E-state index in [9.17, 15) is 9.59 Å². The number of amides is 2. The van der Waals surface area contributed by atoms with E-state index in [1.807, 2.05) is 17.0 Å². The van der Waals surface area contributed by atoms with E-state index in [4.69, 9.17) is 17.0 Å². The van der Waals surface area contributed by atoms with Crippen LogP contribution in [0.3, 0.4) is 0 Å². The Hall–Kier alpha value is -2.93. The number of nitrogens with one attached hydrogen (secondary N) is 2. The number of nitrogens with zero attached hydrogens (tertiary/aromatic N) is 1. The van der Waals surface area contributed by atoms with Crippen molar-refractivity contribution in [3.05, 3.63) is 59.7 Å². The maximum atomic E-state index is 12.7. The van der Waals surface area contributed by atoms with Crippen molar-refractivity contribution in [2.24, 2.45) is 0 Å². The van der Waals surface area contributed by atoms with Crippen molar-refractivity contribution < 1.29 is 14.3 Å². The molecule has 2 aromatic carbocycles. The van der Waals surface area contributed by atoms with Crippen LogP contribution in [0, 0.1) is 0 Å². The average Bonchev–Trinajstić information content (AvgIpc) is 2.86. The molecule has 0 radical (unpaired) electrons. The predicted octanol–water partition coefficient (Wildman–Crippen LogP) is 5.79. The average molecular weight is 482 g/mol. The minimum atomic E-state index is -0.302. The molecule has 0 bridgehead atoms. The predicted molar refractivity (Wildman–Crippen MR) is 141 cm³/mol. The highest BCUT2D eigenvalue weighted by Crippen LogP contribution is 2.17. The molecule has 0 spiro atoms. The summed E-state index contributed by atoms with van der Waals surface area (Å²) < 4.78 is 5.75. The number of likely N-dealkylation sites (tertiary alicyclic amines) is 1. The fourth-order valence-electron chi connectivity index (χ4n) is 3.95. The Morgan fingerprint density at radius 1 is 0.941 bits per heavy atom. The lowest BCUT2D eigenvalue weighted by atomic mass is 10.1. The smallest absolute Gasteiger partial charge is 0.257 e. The number of hydrogen-bond donors (Lipinski definition) is 2. The third kappa shape index (κ3) is 8.13. The molecule has 1 aliphatic heterocycles. The summed E-state index contributed by atoms with van der Waals surface area (Å²) in [5.41, 5.74) is 1.77. The SMILES string of the molecule is CCCCCCCOc1ccc(C(=O)NC(=S)Nc2cccc(C(=O)N3CCCCC3)c2)cc1. The molecule has 2 amide bonds. The quantitative estimate of drug-likeness (QED) is 0.332. The summed E-state index contributed by atoms with van der Waals surface area (Å²) in [5, 5.41) is 5.88. The highest BCUT2D eigenvalue weighted by atomic mass is 32.1. The summed E-state index contributed by atoms with van der Waals surface area (Å²) in [6.07, 6.45) is 9.22. The second kappa shape index (κ2) is 13.7. The van der Waals surface area contributed by atoms with Crippen LogP contribution in [0.4, 0.5) is 5.69 Å². The number of hydrogen-bond acceptors (Lipinski definition) is 4. The molecule has 0 atom stereocenters. The molecule has 0 aromatic heterocycles. The summed E-state index contributed by atoms with van der Waals surface area (Å²) in [4.78, 5) is 27.2. The molecule has 1 saturated heterocycles. The second-order valence-electron chi connectivity index (χ2n) is 8.63. The molecule has 2 aromatic rings. The number of carbonyl (C=O) groups is 2. The van der Waals surface area contributed by atoms with E-state index in [1.165, 1.54) is 32.1 Å². The van der Waals surface area contributed by atoms with Crippen molar-refractivity contribution in [1.29, 1.82) is 0 Å². The maximum absolute atomic E-state index is 12.7. The lowest BCUT2D eigenvalue weighted by Crippen LogP contribution is -2.36. The summed E-state index contributed by atoms with van der Waals surface area (Å²) in [5.74, 6) is 0.480. The van der Waals surface area contributed by atoms with Gasteiger partial charge in [0, 0.05) is 29.9 Å². The Kier molecular flexibility index (Phi) is 10.3. The van der Waals surface area contributed by atoms with Gasteiger partial charge in [-0.15, -0.1) is 0 Å². The zero-order valence-electron chi connectivity index (χ0n) is 20.0. The third-order valence-electron chi connectivity index (χ3n) is 5.87. The second-order valence-corrected chi connectivity index (χ2v) is 9.04. The van der Waals surface area contributed by atoms with E-state index in [0.29, 0.717) is 23.4 Å². The van der Waals surface area contributed by atoms with Crippen LogP contribution in [0.25, 0.3) is 0 Å². The van der Waals surface area contributed by atoms with Gasteiger partial charge in [-0.2, -0.15) is 0 Å². The molecular formula is C27H35N3O3S. The minimum Gasteiger partial charge on any atom is -0.494 e. The topological polar surface area (TPSA) is 70.7 Å². The molecule has 0 unspecified atom stereocenters. The third-order valence-corrected chi connectivity index (χ3v) is 6.07. The van der Waals surface area contributed by atoms with Crippen LogP contribution in [-0.2, 0) is 0 Å². The summed E-state index contributed by atoms with van der Waals surface area (Å²) in [6.45, 7) is 4.48. The lowest BCUT2D eigenvalue weighted by molar-refractivity contribution is 0.0724. The number of anilines is 1. The number of thiocarbonyl (C=S) groups is 1. The molecule has 182 valence electrons. The monoisotopic (exact) mass is 481 g/mol. The number of benzene rings is 2. The van der Waals surface area contributed by atoms with Crippen LogP contribution >= 0.6 is 12.2 Å². The fourth-order valence-corrected chi connectivity index (χ4v) is 4.16. The summed E-state index contributed by atoms with van der Waals surface area (Å²) >= 11 is 5.31. The minimum absolute atomic E-state index is 0.0292. The normalized spacial score (nSPS) is 13.3. The van der Waals surface area contributed by atoms with E-state index >= 15 is 0 Å². The van der Waals surface area contributed by atoms with Gasteiger partial charge in [-0.1, -0.05) is 38.7 Å². The van der Waals surface area contributed by atoms with Crippen molar-refractivity contribution in [2.75, 3.05) is 25.0 Å². The van der Waals surface area contributed by atoms with Crippen molar-refractivity contribution in [1.82, 2.24) is 10.2 Å². The first kappa shape index (κ1) is 25.7. The first-order chi connectivity index (χ1) is 16.6. The molecular weight excluding hydrogens is 446 g/mol. The lowest BCUT2D eigenvalue weighted by Gasteiger charge is -2.26. The Morgan fingerprint density at radius 3 is 2.41 bits per heavy atom.